The van der Waals surface area contributed by atoms with Gasteiger partial charge in [0, 0.05) is 12.8 Å². The second kappa shape index (κ2) is 58.2. The number of rotatable bonds is 58. The van der Waals surface area contributed by atoms with Crippen LogP contribution in [0.15, 0.2) is 12.2 Å². The van der Waals surface area contributed by atoms with Crippen molar-refractivity contribution in [3.05, 3.63) is 12.2 Å². The second-order valence-electron chi connectivity index (χ2n) is 21.4. The first-order valence-electron chi connectivity index (χ1n) is 31.0. The topological polar surface area (TPSA) is 95.9 Å². The van der Waals surface area contributed by atoms with Crippen LogP contribution in [-0.4, -0.2) is 47.4 Å². The first kappa shape index (κ1) is 66.6. The summed E-state index contributed by atoms with van der Waals surface area (Å²) in [5.41, 5.74) is 0. The zero-order valence-electron chi connectivity index (χ0n) is 46.1. The van der Waals surface area contributed by atoms with Gasteiger partial charge in [0.2, 0.25) is 5.91 Å². The van der Waals surface area contributed by atoms with Crippen LogP contribution in [0.1, 0.15) is 348 Å². The van der Waals surface area contributed by atoms with Gasteiger partial charge >= 0.3 is 5.97 Å². The molecule has 0 aromatic heterocycles. The fourth-order valence-corrected chi connectivity index (χ4v) is 9.81. The molecule has 2 atom stereocenters. The van der Waals surface area contributed by atoms with Gasteiger partial charge in [0.05, 0.1) is 25.4 Å². The van der Waals surface area contributed by atoms with Gasteiger partial charge in [-0.3, -0.25) is 9.59 Å². The second-order valence-corrected chi connectivity index (χ2v) is 21.4. The molecule has 0 spiro atoms. The molecule has 0 rings (SSSR count). The van der Waals surface area contributed by atoms with Gasteiger partial charge in [0.1, 0.15) is 0 Å². The van der Waals surface area contributed by atoms with E-state index in [-0.39, 0.29) is 18.5 Å². The Balaban J connectivity index is 3.32. The summed E-state index contributed by atoms with van der Waals surface area (Å²) < 4.78 is 5.50. The maximum absolute atomic E-state index is 12.4. The van der Waals surface area contributed by atoms with Crippen molar-refractivity contribution in [3.63, 3.8) is 0 Å². The van der Waals surface area contributed by atoms with Crippen molar-refractivity contribution in [3.8, 4) is 0 Å². The molecule has 0 heterocycles. The van der Waals surface area contributed by atoms with Crippen molar-refractivity contribution in [2.45, 2.75) is 360 Å². The highest BCUT2D eigenvalue weighted by atomic mass is 16.5. The number of ether oxygens (including phenoxy) is 1. The van der Waals surface area contributed by atoms with E-state index in [1.807, 2.05) is 6.08 Å². The van der Waals surface area contributed by atoms with Crippen molar-refractivity contribution >= 4 is 11.9 Å². The Bertz CT molecular complexity index is 1020. The summed E-state index contributed by atoms with van der Waals surface area (Å²) in [5, 5.41) is 22.9. The predicted octanol–water partition coefficient (Wildman–Crippen LogP) is 19.2. The fourth-order valence-electron chi connectivity index (χ4n) is 9.81. The average molecular weight is 961 g/mol. The van der Waals surface area contributed by atoms with Gasteiger partial charge in [-0.25, -0.2) is 0 Å². The highest BCUT2D eigenvalue weighted by Gasteiger charge is 2.18. The van der Waals surface area contributed by atoms with Crippen LogP contribution < -0.4 is 5.32 Å². The number of unbranched alkanes of at least 4 members (excludes halogenated alkanes) is 47. The summed E-state index contributed by atoms with van der Waals surface area (Å²) in [5.74, 6) is -0.0484. The molecule has 3 N–H and O–H groups in total. The Morgan fingerprint density at radius 3 is 1.00 bits per heavy atom. The smallest absolute Gasteiger partial charge is 0.305 e. The standard InChI is InChI=1S/C62H121NO5/c1-3-5-7-9-11-13-14-15-16-17-27-30-33-36-40-44-48-52-56-62(67)68-57-53-49-45-41-37-34-31-28-25-23-21-19-18-20-22-24-26-29-32-35-39-43-47-51-55-61(66)63-59(58-64)60(65)54-50-46-42-38-12-10-8-6-4-2/h50,54,59-60,64-65H,3-49,51-53,55-58H2,1-2H3,(H,63,66)/b54-50+. The molecule has 0 saturated heterocycles. The number of hydrogen-bond donors (Lipinski definition) is 3. The fraction of sp³-hybridized carbons (Fsp3) is 0.935. The number of allylic oxidation sites excluding steroid dienone is 1. The summed E-state index contributed by atoms with van der Waals surface area (Å²) in [6.07, 6.45) is 69.8. The molecular formula is C62H121NO5. The molecule has 0 aliphatic carbocycles. The largest absolute Gasteiger partial charge is 0.466 e. The Hall–Kier alpha value is -1.40. The average Bonchev–Trinajstić information content (AvgIpc) is 3.34. The molecule has 0 fully saturated rings. The van der Waals surface area contributed by atoms with E-state index < -0.39 is 12.1 Å². The molecule has 1 amide bonds. The summed E-state index contributed by atoms with van der Waals surface area (Å²) in [7, 11) is 0. The van der Waals surface area contributed by atoms with E-state index in [0.29, 0.717) is 19.4 Å². The molecule has 0 radical (unpaired) electrons. The summed E-state index contributed by atoms with van der Waals surface area (Å²) in [6.45, 7) is 4.90. The van der Waals surface area contributed by atoms with Crippen molar-refractivity contribution in [2.75, 3.05) is 13.2 Å². The predicted molar refractivity (Wildman–Crippen MR) is 297 cm³/mol. The number of hydrogen-bond acceptors (Lipinski definition) is 5. The molecule has 0 bridgehead atoms. The van der Waals surface area contributed by atoms with E-state index in [1.165, 1.54) is 283 Å². The monoisotopic (exact) mass is 960 g/mol. The molecule has 6 heteroatoms. The van der Waals surface area contributed by atoms with E-state index in [4.69, 9.17) is 4.74 Å². The highest BCUT2D eigenvalue weighted by molar-refractivity contribution is 5.76. The third-order valence-electron chi connectivity index (χ3n) is 14.6. The van der Waals surface area contributed by atoms with Crippen molar-refractivity contribution in [2.24, 2.45) is 0 Å². The van der Waals surface area contributed by atoms with Crippen LogP contribution in [0.3, 0.4) is 0 Å². The molecule has 0 aliphatic heterocycles. The quantitative estimate of drug-likeness (QED) is 0.0321. The summed E-state index contributed by atoms with van der Waals surface area (Å²) in [4.78, 5) is 24.5. The van der Waals surface area contributed by atoms with Crippen LogP contribution >= 0.6 is 0 Å². The van der Waals surface area contributed by atoms with Gasteiger partial charge in [0.15, 0.2) is 0 Å². The molecule has 2 unspecified atom stereocenters. The Kier molecular flexibility index (Phi) is 57.0. The van der Waals surface area contributed by atoms with Crippen LogP contribution in [0.25, 0.3) is 0 Å². The normalized spacial score (nSPS) is 12.6. The molecule has 0 saturated carbocycles. The van der Waals surface area contributed by atoms with Crippen LogP contribution in [0.2, 0.25) is 0 Å². The minimum absolute atomic E-state index is 0.0197. The minimum Gasteiger partial charge on any atom is -0.466 e. The molecule has 6 nitrogen and oxygen atoms in total. The van der Waals surface area contributed by atoms with Crippen molar-refractivity contribution < 1.29 is 24.5 Å². The number of aliphatic hydroxyl groups is 2. The van der Waals surface area contributed by atoms with Crippen molar-refractivity contribution in [1.29, 1.82) is 0 Å². The first-order valence-corrected chi connectivity index (χ1v) is 31.0. The maximum atomic E-state index is 12.4. The van der Waals surface area contributed by atoms with Crippen molar-refractivity contribution in [1.82, 2.24) is 5.32 Å². The first-order chi connectivity index (χ1) is 33.5. The number of aliphatic hydroxyl groups excluding tert-OH is 2. The van der Waals surface area contributed by atoms with E-state index >= 15 is 0 Å². The molecule has 0 aliphatic rings. The lowest BCUT2D eigenvalue weighted by Crippen LogP contribution is -2.45. The third kappa shape index (κ3) is 53.9. The number of esters is 1. The molecular weight excluding hydrogens is 839 g/mol. The number of carbonyl (C=O) groups excluding carboxylic acids is 2. The van der Waals surface area contributed by atoms with Crippen LogP contribution in [0.4, 0.5) is 0 Å². The van der Waals surface area contributed by atoms with Gasteiger partial charge in [-0.15, -0.1) is 0 Å². The van der Waals surface area contributed by atoms with Gasteiger partial charge in [-0.1, -0.05) is 315 Å². The summed E-state index contributed by atoms with van der Waals surface area (Å²) in [6, 6.07) is -0.624. The van der Waals surface area contributed by atoms with Crippen LogP contribution in [0, 0.1) is 0 Å². The number of carbonyl (C=O) groups is 2. The van der Waals surface area contributed by atoms with E-state index in [0.717, 1.165) is 38.5 Å². The lowest BCUT2D eigenvalue weighted by molar-refractivity contribution is -0.143. The number of nitrogens with one attached hydrogen (secondary N) is 1. The van der Waals surface area contributed by atoms with Gasteiger partial charge in [-0.2, -0.15) is 0 Å². The molecule has 0 aromatic carbocycles. The Labute approximate surface area is 425 Å². The van der Waals surface area contributed by atoms with E-state index in [1.54, 1.807) is 6.08 Å². The molecule has 404 valence electrons. The molecule has 68 heavy (non-hydrogen) atoms. The maximum Gasteiger partial charge on any atom is 0.305 e. The summed E-state index contributed by atoms with van der Waals surface area (Å²) >= 11 is 0. The van der Waals surface area contributed by atoms with E-state index in [2.05, 4.69) is 19.2 Å². The van der Waals surface area contributed by atoms with Gasteiger partial charge < -0.3 is 20.3 Å². The third-order valence-corrected chi connectivity index (χ3v) is 14.6. The Morgan fingerprint density at radius 2 is 0.676 bits per heavy atom. The zero-order valence-corrected chi connectivity index (χ0v) is 46.1. The zero-order chi connectivity index (χ0) is 49.3. The lowest BCUT2D eigenvalue weighted by Gasteiger charge is -2.20. The lowest BCUT2D eigenvalue weighted by atomic mass is 10.0. The van der Waals surface area contributed by atoms with Gasteiger partial charge in [-0.05, 0) is 32.1 Å². The Morgan fingerprint density at radius 1 is 0.397 bits per heavy atom. The van der Waals surface area contributed by atoms with E-state index in [9.17, 15) is 19.8 Å². The molecule has 0 aromatic rings. The van der Waals surface area contributed by atoms with Gasteiger partial charge in [0.25, 0.3) is 0 Å². The number of amides is 1. The minimum atomic E-state index is -0.840. The van der Waals surface area contributed by atoms with Crippen LogP contribution in [-0.2, 0) is 14.3 Å². The highest BCUT2D eigenvalue weighted by Crippen LogP contribution is 2.18. The van der Waals surface area contributed by atoms with Crippen LogP contribution in [0.5, 0.6) is 0 Å². The SMILES string of the molecule is CCCCCCCCC/C=C/C(O)C(CO)NC(=O)CCCCCCCCCCCCCCCCCCCCCCCCCCOC(=O)CCCCCCCCCCCCCCCCCCCC.